The van der Waals surface area contributed by atoms with E-state index >= 15 is 0 Å². The summed E-state index contributed by atoms with van der Waals surface area (Å²) in [5.41, 5.74) is 9.70. The number of hydrogen-bond donors (Lipinski definition) is 1. The van der Waals surface area contributed by atoms with Crippen LogP contribution in [0.4, 0.5) is 5.69 Å². The molecule has 1 nitrogen and oxygen atoms in total. The van der Waals surface area contributed by atoms with Gasteiger partial charge in [0.25, 0.3) is 0 Å². The highest BCUT2D eigenvalue weighted by atomic mass is 14.5. The molecule has 1 aromatic rings. The molecule has 0 amide bonds. The maximum atomic E-state index is 5.79. The molecule has 0 bridgehead atoms. The van der Waals surface area contributed by atoms with Crippen LogP contribution >= 0.6 is 0 Å². The van der Waals surface area contributed by atoms with E-state index in [0.29, 0.717) is 0 Å². The average Bonchev–Trinajstić information content (AvgIpc) is 2.46. The number of benzene rings is 1. The molecule has 0 spiro atoms. The summed E-state index contributed by atoms with van der Waals surface area (Å²) in [5, 5.41) is 0. The normalized spacial score (nSPS) is 20.7. The van der Waals surface area contributed by atoms with Gasteiger partial charge < -0.3 is 5.73 Å². The van der Waals surface area contributed by atoms with Crippen LogP contribution in [-0.2, 0) is 6.42 Å². The Morgan fingerprint density at radius 2 is 2.15 bits per heavy atom. The molecule has 70 valence electrons. The van der Waals surface area contributed by atoms with Crippen molar-refractivity contribution in [2.75, 3.05) is 5.73 Å². The zero-order valence-corrected chi connectivity index (χ0v) is 8.38. The molecule has 0 radical (unpaired) electrons. The quantitative estimate of drug-likeness (QED) is 0.652. The molecule has 1 aliphatic rings. The summed E-state index contributed by atoms with van der Waals surface area (Å²) in [6.07, 6.45) is 2.54. The highest BCUT2D eigenvalue weighted by Crippen LogP contribution is 2.38. The van der Waals surface area contributed by atoms with Gasteiger partial charge in [0, 0.05) is 5.69 Å². The van der Waals surface area contributed by atoms with Crippen LogP contribution in [0.2, 0.25) is 0 Å². The standard InChI is InChI=1S/C12H17N/c1-8(2)11-6-4-9-3-5-10(13)7-12(9)11/h3,5,7-8,11H,4,6,13H2,1-2H3. The van der Waals surface area contributed by atoms with Crippen LogP contribution < -0.4 is 5.73 Å². The minimum Gasteiger partial charge on any atom is -0.399 e. The minimum absolute atomic E-state index is 0.735. The number of fused-ring (bicyclic) bond motifs is 1. The van der Waals surface area contributed by atoms with Crippen molar-refractivity contribution >= 4 is 5.69 Å². The van der Waals surface area contributed by atoms with Crippen molar-refractivity contribution < 1.29 is 0 Å². The molecular formula is C12H17N. The van der Waals surface area contributed by atoms with E-state index in [-0.39, 0.29) is 0 Å². The van der Waals surface area contributed by atoms with E-state index < -0.39 is 0 Å². The third-order valence-corrected chi connectivity index (χ3v) is 3.10. The van der Waals surface area contributed by atoms with Gasteiger partial charge in [-0.2, -0.15) is 0 Å². The van der Waals surface area contributed by atoms with E-state index in [1.807, 2.05) is 6.07 Å². The Labute approximate surface area is 80.0 Å². The van der Waals surface area contributed by atoms with E-state index in [2.05, 4.69) is 26.0 Å². The Morgan fingerprint density at radius 1 is 1.38 bits per heavy atom. The van der Waals surface area contributed by atoms with Gasteiger partial charge in [0.05, 0.1) is 0 Å². The Kier molecular flexibility index (Phi) is 2.03. The first kappa shape index (κ1) is 8.61. The number of nitrogens with two attached hydrogens (primary N) is 1. The molecule has 0 aromatic heterocycles. The topological polar surface area (TPSA) is 26.0 Å². The van der Waals surface area contributed by atoms with Crippen molar-refractivity contribution in [3.8, 4) is 0 Å². The molecule has 1 aromatic carbocycles. The van der Waals surface area contributed by atoms with E-state index in [1.165, 1.54) is 24.0 Å². The smallest absolute Gasteiger partial charge is 0.0317 e. The minimum atomic E-state index is 0.735. The largest absolute Gasteiger partial charge is 0.399 e. The molecule has 13 heavy (non-hydrogen) atoms. The van der Waals surface area contributed by atoms with Gasteiger partial charge >= 0.3 is 0 Å². The van der Waals surface area contributed by atoms with Crippen LogP contribution in [0.15, 0.2) is 18.2 Å². The van der Waals surface area contributed by atoms with E-state index in [9.17, 15) is 0 Å². The summed E-state index contributed by atoms with van der Waals surface area (Å²) < 4.78 is 0. The molecule has 1 heteroatoms. The molecule has 1 atom stereocenters. The second-order valence-corrected chi connectivity index (χ2v) is 4.35. The van der Waals surface area contributed by atoms with Crippen molar-refractivity contribution in [3.05, 3.63) is 29.3 Å². The SMILES string of the molecule is CC(C)C1CCc2ccc(N)cc21. The van der Waals surface area contributed by atoms with Crippen LogP contribution in [0.5, 0.6) is 0 Å². The summed E-state index contributed by atoms with van der Waals surface area (Å²) >= 11 is 0. The summed E-state index contributed by atoms with van der Waals surface area (Å²) in [5.74, 6) is 1.47. The van der Waals surface area contributed by atoms with Gasteiger partial charge in [0.1, 0.15) is 0 Å². The van der Waals surface area contributed by atoms with Gasteiger partial charge in [-0.05, 0) is 47.9 Å². The third-order valence-electron chi connectivity index (χ3n) is 3.10. The van der Waals surface area contributed by atoms with Gasteiger partial charge in [-0.25, -0.2) is 0 Å². The fourth-order valence-corrected chi connectivity index (χ4v) is 2.35. The molecule has 2 rings (SSSR count). The number of rotatable bonds is 1. The van der Waals surface area contributed by atoms with Crippen molar-refractivity contribution in [3.63, 3.8) is 0 Å². The average molecular weight is 175 g/mol. The van der Waals surface area contributed by atoms with Crippen molar-refractivity contribution in [1.82, 2.24) is 0 Å². The maximum Gasteiger partial charge on any atom is 0.0317 e. The zero-order chi connectivity index (χ0) is 9.42. The molecular weight excluding hydrogens is 158 g/mol. The fraction of sp³-hybridized carbons (Fsp3) is 0.500. The fourth-order valence-electron chi connectivity index (χ4n) is 2.35. The van der Waals surface area contributed by atoms with Crippen molar-refractivity contribution in [2.45, 2.75) is 32.6 Å². The lowest BCUT2D eigenvalue weighted by atomic mass is 9.90. The number of hydrogen-bond acceptors (Lipinski definition) is 1. The highest BCUT2D eigenvalue weighted by Gasteiger charge is 2.24. The van der Waals surface area contributed by atoms with Crippen LogP contribution in [0.3, 0.4) is 0 Å². The zero-order valence-electron chi connectivity index (χ0n) is 8.38. The van der Waals surface area contributed by atoms with E-state index in [4.69, 9.17) is 5.73 Å². The van der Waals surface area contributed by atoms with Gasteiger partial charge in [0.2, 0.25) is 0 Å². The molecule has 0 fully saturated rings. The molecule has 1 unspecified atom stereocenters. The van der Waals surface area contributed by atoms with E-state index in [0.717, 1.165) is 17.5 Å². The van der Waals surface area contributed by atoms with Crippen molar-refractivity contribution in [2.24, 2.45) is 5.92 Å². The number of aryl methyl sites for hydroxylation is 1. The summed E-state index contributed by atoms with van der Waals surface area (Å²) in [6, 6.07) is 6.36. The summed E-state index contributed by atoms with van der Waals surface area (Å²) in [4.78, 5) is 0. The second kappa shape index (κ2) is 3.06. The molecule has 0 aliphatic heterocycles. The predicted octanol–water partition coefficient (Wildman–Crippen LogP) is 2.95. The predicted molar refractivity (Wildman–Crippen MR) is 56.8 cm³/mol. The maximum absolute atomic E-state index is 5.79. The van der Waals surface area contributed by atoms with Gasteiger partial charge in [0.15, 0.2) is 0 Å². The van der Waals surface area contributed by atoms with Gasteiger partial charge in [-0.1, -0.05) is 19.9 Å². The molecule has 0 heterocycles. The second-order valence-electron chi connectivity index (χ2n) is 4.35. The van der Waals surface area contributed by atoms with Crippen LogP contribution in [0, 0.1) is 5.92 Å². The molecule has 1 aliphatic carbocycles. The summed E-state index contributed by atoms with van der Waals surface area (Å²) in [7, 11) is 0. The first-order valence-electron chi connectivity index (χ1n) is 5.07. The Bertz CT molecular complexity index is 315. The lowest BCUT2D eigenvalue weighted by molar-refractivity contribution is 0.496. The van der Waals surface area contributed by atoms with E-state index in [1.54, 1.807) is 0 Å². The Morgan fingerprint density at radius 3 is 2.85 bits per heavy atom. The highest BCUT2D eigenvalue weighted by molar-refractivity contribution is 5.48. The molecule has 2 N–H and O–H groups in total. The Hall–Kier alpha value is -0.980. The van der Waals surface area contributed by atoms with Crippen LogP contribution in [0.1, 0.15) is 37.3 Å². The van der Waals surface area contributed by atoms with Crippen LogP contribution in [-0.4, -0.2) is 0 Å². The summed E-state index contributed by atoms with van der Waals surface area (Å²) in [6.45, 7) is 4.59. The van der Waals surface area contributed by atoms with Gasteiger partial charge in [-0.3, -0.25) is 0 Å². The first-order chi connectivity index (χ1) is 6.18. The van der Waals surface area contributed by atoms with Crippen LogP contribution in [0.25, 0.3) is 0 Å². The monoisotopic (exact) mass is 175 g/mol. The number of anilines is 1. The third kappa shape index (κ3) is 1.43. The Balaban J connectivity index is 2.40. The molecule has 0 saturated heterocycles. The van der Waals surface area contributed by atoms with Gasteiger partial charge in [-0.15, -0.1) is 0 Å². The first-order valence-corrected chi connectivity index (χ1v) is 5.07. The lowest BCUT2D eigenvalue weighted by Gasteiger charge is -2.15. The molecule has 0 saturated carbocycles. The lowest BCUT2D eigenvalue weighted by Crippen LogP contribution is -2.02. The van der Waals surface area contributed by atoms with Crippen molar-refractivity contribution in [1.29, 1.82) is 0 Å². The number of nitrogen functional groups attached to an aromatic ring is 1.